The lowest BCUT2D eigenvalue weighted by molar-refractivity contribution is 0.0699. The first-order valence-electron chi connectivity index (χ1n) is 6.78. The molecule has 0 spiro atoms. The van der Waals surface area contributed by atoms with E-state index in [2.05, 4.69) is 5.32 Å². The summed E-state index contributed by atoms with van der Waals surface area (Å²) < 4.78 is 5.14. The van der Waals surface area contributed by atoms with Gasteiger partial charge in [-0.15, -0.1) is 0 Å². The molecule has 0 bridgehead atoms. The molecule has 21 heavy (non-hydrogen) atoms. The van der Waals surface area contributed by atoms with E-state index in [0.29, 0.717) is 18.4 Å². The Bertz CT molecular complexity index is 621. The number of ether oxygens (including phenoxy) is 1. The molecule has 0 radical (unpaired) electrons. The first-order valence-corrected chi connectivity index (χ1v) is 6.78. The average Bonchev–Trinajstić information content (AvgIpc) is 2.47. The van der Waals surface area contributed by atoms with Gasteiger partial charge in [-0.3, -0.25) is 0 Å². The fraction of sp³-hybridized carbons (Fsp3) is 0.312. The van der Waals surface area contributed by atoms with Gasteiger partial charge >= 0.3 is 5.97 Å². The van der Waals surface area contributed by atoms with E-state index in [0.717, 1.165) is 11.1 Å². The Morgan fingerprint density at radius 2 is 1.95 bits per heavy atom. The summed E-state index contributed by atoms with van der Waals surface area (Å²) in [4.78, 5) is 11.3. The molecule has 2 rings (SSSR count). The van der Waals surface area contributed by atoms with Crippen molar-refractivity contribution in [3.05, 3.63) is 42.0 Å². The number of benzene rings is 2. The quantitative estimate of drug-likeness (QED) is 0.729. The Balaban J connectivity index is 2.40. The van der Waals surface area contributed by atoms with Crippen LogP contribution in [-0.4, -0.2) is 42.5 Å². The molecule has 0 aliphatic heterocycles. The SMILES string of the molecule is COCC(CCO)Nc1ccc(C(=O)O)c2ccccc12. The van der Waals surface area contributed by atoms with Gasteiger partial charge in [0.1, 0.15) is 0 Å². The summed E-state index contributed by atoms with van der Waals surface area (Å²) in [6.45, 7) is 0.530. The van der Waals surface area contributed by atoms with Crippen molar-refractivity contribution in [1.29, 1.82) is 0 Å². The van der Waals surface area contributed by atoms with Crippen LogP contribution in [0.15, 0.2) is 36.4 Å². The molecule has 0 aromatic heterocycles. The van der Waals surface area contributed by atoms with E-state index in [9.17, 15) is 9.90 Å². The summed E-state index contributed by atoms with van der Waals surface area (Å²) in [6, 6.07) is 10.7. The lowest BCUT2D eigenvalue weighted by Gasteiger charge is -2.20. The zero-order valence-electron chi connectivity index (χ0n) is 11.9. The molecule has 1 unspecified atom stereocenters. The van der Waals surface area contributed by atoms with Crippen LogP contribution in [0, 0.1) is 0 Å². The molecule has 0 amide bonds. The van der Waals surface area contributed by atoms with Gasteiger partial charge in [-0.25, -0.2) is 4.79 Å². The van der Waals surface area contributed by atoms with Crippen LogP contribution in [-0.2, 0) is 4.74 Å². The number of fused-ring (bicyclic) bond motifs is 1. The first-order chi connectivity index (χ1) is 10.2. The van der Waals surface area contributed by atoms with Crippen molar-refractivity contribution in [3.8, 4) is 0 Å². The highest BCUT2D eigenvalue weighted by Crippen LogP contribution is 2.27. The lowest BCUT2D eigenvalue weighted by Crippen LogP contribution is -2.26. The predicted octanol–water partition coefficient (Wildman–Crippen LogP) is 2.35. The summed E-state index contributed by atoms with van der Waals surface area (Å²) >= 11 is 0. The van der Waals surface area contributed by atoms with Gasteiger partial charge in [0.25, 0.3) is 0 Å². The molecule has 5 nitrogen and oxygen atoms in total. The van der Waals surface area contributed by atoms with Gasteiger partial charge in [0.15, 0.2) is 0 Å². The average molecular weight is 289 g/mol. The number of anilines is 1. The van der Waals surface area contributed by atoms with Gasteiger partial charge in [-0.2, -0.15) is 0 Å². The highest BCUT2D eigenvalue weighted by molar-refractivity contribution is 6.07. The van der Waals surface area contributed by atoms with Crippen molar-refractivity contribution in [2.45, 2.75) is 12.5 Å². The van der Waals surface area contributed by atoms with Crippen molar-refractivity contribution in [3.63, 3.8) is 0 Å². The van der Waals surface area contributed by atoms with Crippen LogP contribution in [0.3, 0.4) is 0 Å². The number of aromatic carboxylic acids is 1. The molecular formula is C16H19NO4. The second kappa shape index (κ2) is 7.06. The number of carboxylic acids is 1. The van der Waals surface area contributed by atoms with E-state index in [4.69, 9.17) is 9.84 Å². The van der Waals surface area contributed by atoms with E-state index >= 15 is 0 Å². The van der Waals surface area contributed by atoms with Gasteiger partial charge in [0.05, 0.1) is 18.2 Å². The summed E-state index contributed by atoms with van der Waals surface area (Å²) in [5.74, 6) is -0.943. The van der Waals surface area contributed by atoms with Crippen LogP contribution >= 0.6 is 0 Å². The van der Waals surface area contributed by atoms with Crippen molar-refractivity contribution in [2.24, 2.45) is 0 Å². The molecule has 2 aromatic carbocycles. The molecule has 5 heteroatoms. The zero-order valence-corrected chi connectivity index (χ0v) is 11.9. The third-order valence-corrected chi connectivity index (χ3v) is 3.36. The second-order valence-electron chi connectivity index (χ2n) is 4.82. The van der Waals surface area contributed by atoms with Crippen molar-refractivity contribution < 1.29 is 19.7 Å². The molecule has 0 aliphatic rings. The van der Waals surface area contributed by atoms with Crippen molar-refractivity contribution in [1.82, 2.24) is 0 Å². The Labute approximate surface area is 123 Å². The third-order valence-electron chi connectivity index (χ3n) is 3.36. The van der Waals surface area contributed by atoms with Gasteiger partial charge < -0.3 is 20.3 Å². The van der Waals surface area contributed by atoms with Crippen LogP contribution in [0.4, 0.5) is 5.69 Å². The fourth-order valence-electron chi connectivity index (χ4n) is 2.39. The molecular weight excluding hydrogens is 270 g/mol. The summed E-state index contributed by atoms with van der Waals surface area (Å²) in [5, 5.41) is 23.2. The standard InChI is InChI=1S/C16H19NO4/c1-21-10-11(8-9-18)17-15-7-6-14(16(19)20)12-4-2-3-5-13(12)15/h2-7,11,17-18H,8-10H2,1H3,(H,19,20). The lowest BCUT2D eigenvalue weighted by atomic mass is 10.0. The van der Waals surface area contributed by atoms with Gasteiger partial charge in [0, 0.05) is 24.8 Å². The summed E-state index contributed by atoms with van der Waals surface area (Å²) in [6.07, 6.45) is 0.558. The van der Waals surface area contributed by atoms with Gasteiger partial charge in [-0.1, -0.05) is 24.3 Å². The van der Waals surface area contributed by atoms with Gasteiger partial charge in [0.2, 0.25) is 0 Å². The minimum Gasteiger partial charge on any atom is -0.478 e. The molecule has 0 saturated heterocycles. The molecule has 0 fully saturated rings. The Morgan fingerprint density at radius 3 is 2.57 bits per heavy atom. The predicted molar refractivity (Wildman–Crippen MR) is 81.9 cm³/mol. The smallest absolute Gasteiger partial charge is 0.336 e. The Kier molecular flexibility index (Phi) is 5.14. The minimum atomic E-state index is -0.943. The maximum Gasteiger partial charge on any atom is 0.336 e. The summed E-state index contributed by atoms with van der Waals surface area (Å²) in [5.41, 5.74) is 1.12. The number of aliphatic hydroxyl groups excluding tert-OH is 1. The van der Waals surface area contributed by atoms with E-state index in [-0.39, 0.29) is 18.2 Å². The number of carboxylic acid groups (broad SMARTS) is 1. The van der Waals surface area contributed by atoms with E-state index in [1.54, 1.807) is 25.3 Å². The van der Waals surface area contributed by atoms with E-state index in [1.807, 2.05) is 18.2 Å². The number of hydrogen-bond donors (Lipinski definition) is 3. The van der Waals surface area contributed by atoms with E-state index < -0.39 is 5.97 Å². The number of rotatable bonds is 7. The normalized spacial score (nSPS) is 12.3. The first kappa shape index (κ1) is 15.3. The minimum absolute atomic E-state index is 0.0286. The van der Waals surface area contributed by atoms with Crippen LogP contribution in [0.5, 0.6) is 0 Å². The Hall–Kier alpha value is -2.11. The van der Waals surface area contributed by atoms with Crippen LogP contribution in [0.2, 0.25) is 0 Å². The number of nitrogens with one attached hydrogen (secondary N) is 1. The molecule has 0 heterocycles. The van der Waals surface area contributed by atoms with Crippen LogP contribution < -0.4 is 5.32 Å². The number of methoxy groups -OCH3 is 1. The fourth-order valence-corrected chi connectivity index (χ4v) is 2.39. The number of carbonyl (C=O) groups is 1. The molecule has 3 N–H and O–H groups in total. The highest BCUT2D eigenvalue weighted by Gasteiger charge is 2.13. The van der Waals surface area contributed by atoms with Crippen molar-refractivity contribution >= 4 is 22.4 Å². The molecule has 2 aromatic rings. The van der Waals surface area contributed by atoms with E-state index in [1.165, 1.54) is 0 Å². The maximum absolute atomic E-state index is 11.3. The largest absolute Gasteiger partial charge is 0.478 e. The van der Waals surface area contributed by atoms with Gasteiger partial charge in [-0.05, 0) is 23.9 Å². The number of hydrogen-bond acceptors (Lipinski definition) is 4. The second-order valence-corrected chi connectivity index (χ2v) is 4.82. The van der Waals surface area contributed by atoms with Crippen LogP contribution in [0.25, 0.3) is 10.8 Å². The Morgan fingerprint density at radius 1 is 1.24 bits per heavy atom. The molecule has 1 atom stereocenters. The van der Waals surface area contributed by atoms with Crippen LogP contribution in [0.1, 0.15) is 16.8 Å². The zero-order chi connectivity index (χ0) is 15.2. The molecule has 112 valence electrons. The third kappa shape index (κ3) is 3.51. The highest BCUT2D eigenvalue weighted by atomic mass is 16.5. The number of aliphatic hydroxyl groups is 1. The molecule has 0 saturated carbocycles. The maximum atomic E-state index is 11.3. The van der Waals surface area contributed by atoms with Crippen molar-refractivity contribution in [2.75, 3.05) is 25.6 Å². The summed E-state index contributed by atoms with van der Waals surface area (Å²) in [7, 11) is 1.61. The topological polar surface area (TPSA) is 78.8 Å². The molecule has 0 aliphatic carbocycles. The monoisotopic (exact) mass is 289 g/mol.